The molecule has 0 saturated carbocycles. The van der Waals surface area contributed by atoms with Gasteiger partial charge >= 0.3 is 5.97 Å². The molecular weight excluding hydrogens is 398 g/mol. The number of hydrogen-bond acceptors (Lipinski definition) is 6. The van der Waals surface area contributed by atoms with Gasteiger partial charge in [-0.2, -0.15) is 5.10 Å². The highest BCUT2D eigenvalue weighted by atomic mass is 16.5. The molecule has 4 rings (SSSR count). The van der Waals surface area contributed by atoms with E-state index in [4.69, 9.17) is 14.6 Å². The van der Waals surface area contributed by atoms with Crippen LogP contribution in [0.15, 0.2) is 6.20 Å². The normalized spacial score (nSPS) is 17.8. The van der Waals surface area contributed by atoms with E-state index in [9.17, 15) is 9.59 Å². The SMILES string of the molecule is CCc1nn(CCCOC(=O)c2cnc(C)n2C)c2c1C(=O)NCC1(CCOCC1)C2. The Labute approximate surface area is 182 Å². The summed E-state index contributed by atoms with van der Waals surface area (Å²) in [6.45, 7) is 6.87. The number of amides is 1. The number of esters is 1. The predicted molar refractivity (Wildman–Crippen MR) is 113 cm³/mol. The number of fused-ring (bicyclic) bond motifs is 1. The van der Waals surface area contributed by atoms with E-state index < -0.39 is 0 Å². The van der Waals surface area contributed by atoms with Crippen molar-refractivity contribution in [2.24, 2.45) is 12.5 Å². The molecule has 0 radical (unpaired) electrons. The van der Waals surface area contributed by atoms with Crippen LogP contribution in [0.5, 0.6) is 0 Å². The molecule has 0 unspecified atom stereocenters. The fourth-order valence-electron chi connectivity index (χ4n) is 4.50. The molecule has 1 saturated heterocycles. The Kier molecular flexibility index (Phi) is 6.13. The summed E-state index contributed by atoms with van der Waals surface area (Å²) < 4.78 is 14.7. The van der Waals surface area contributed by atoms with E-state index in [-0.39, 0.29) is 23.9 Å². The second-order valence-corrected chi connectivity index (χ2v) is 8.56. The molecule has 1 spiro atoms. The smallest absolute Gasteiger partial charge is 0.356 e. The number of carbonyl (C=O) groups excluding carboxylic acids is 2. The fraction of sp³-hybridized carbons (Fsp3) is 0.636. The molecule has 2 aliphatic heterocycles. The Hall–Kier alpha value is -2.68. The molecule has 2 aromatic rings. The van der Waals surface area contributed by atoms with Crippen LogP contribution in [0.3, 0.4) is 0 Å². The molecule has 0 bridgehead atoms. The molecule has 4 heterocycles. The van der Waals surface area contributed by atoms with Crippen molar-refractivity contribution >= 4 is 11.9 Å². The van der Waals surface area contributed by atoms with Gasteiger partial charge in [0.1, 0.15) is 11.5 Å². The molecule has 0 aliphatic carbocycles. The molecule has 0 aromatic carbocycles. The second kappa shape index (κ2) is 8.82. The number of nitrogens with zero attached hydrogens (tertiary/aromatic N) is 4. The number of nitrogens with one attached hydrogen (secondary N) is 1. The first-order valence-electron chi connectivity index (χ1n) is 11.0. The standard InChI is InChI=1S/C22H31N5O4/c1-4-16-19-17(12-22(14-24-20(19)28)6-10-30-11-7-22)27(25-16)8-5-9-31-21(29)18-13-23-15(2)26(18)3/h13H,4-12,14H2,1-3H3,(H,24,28). The highest BCUT2D eigenvalue weighted by Crippen LogP contribution is 2.37. The van der Waals surface area contributed by atoms with Gasteiger partial charge in [0.05, 0.1) is 29.8 Å². The average Bonchev–Trinajstić information content (AvgIpc) is 3.25. The lowest BCUT2D eigenvalue weighted by Gasteiger charge is -2.36. The molecule has 1 fully saturated rings. The van der Waals surface area contributed by atoms with Crippen LogP contribution in [0.25, 0.3) is 0 Å². The van der Waals surface area contributed by atoms with Crippen LogP contribution in [0.2, 0.25) is 0 Å². The number of hydrogen-bond donors (Lipinski definition) is 1. The van der Waals surface area contributed by atoms with Crippen molar-refractivity contribution in [3.63, 3.8) is 0 Å². The Morgan fingerprint density at radius 2 is 2.13 bits per heavy atom. The van der Waals surface area contributed by atoms with E-state index in [0.29, 0.717) is 31.6 Å². The fourth-order valence-corrected chi connectivity index (χ4v) is 4.50. The van der Waals surface area contributed by atoms with Crippen LogP contribution in [-0.4, -0.2) is 57.6 Å². The second-order valence-electron chi connectivity index (χ2n) is 8.56. The number of aryl methyl sites for hydroxylation is 3. The maximum absolute atomic E-state index is 12.9. The third-order valence-electron chi connectivity index (χ3n) is 6.59. The molecule has 9 heteroatoms. The predicted octanol–water partition coefficient (Wildman–Crippen LogP) is 1.82. The Bertz CT molecular complexity index is 971. The zero-order valence-electron chi connectivity index (χ0n) is 18.6. The highest BCUT2D eigenvalue weighted by Gasteiger charge is 2.39. The molecular formula is C22H31N5O4. The molecule has 1 amide bonds. The molecule has 2 aliphatic rings. The molecule has 2 aromatic heterocycles. The summed E-state index contributed by atoms with van der Waals surface area (Å²) in [5.41, 5.74) is 3.03. The lowest BCUT2D eigenvalue weighted by Crippen LogP contribution is -2.40. The van der Waals surface area contributed by atoms with Crippen molar-refractivity contribution < 1.29 is 19.1 Å². The summed E-state index contributed by atoms with van der Waals surface area (Å²) in [6.07, 6.45) is 5.53. The summed E-state index contributed by atoms with van der Waals surface area (Å²) in [4.78, 5) is 29.3. The number of imidazole rings is 1. The first-order valence-corrected chi connectivity index (χ1v) is 11.0. The minimum absolute atomic E-state index is 0.0197. The van der Waals surface area contributed by atoms with Gasteiger partial charge < -0.3 is 19.4 Å². The Morgan fingerprint density at radius 1 is 1.35 bits per heavy atom. The van der Waals surface area contributed by atoms with Gasteiger partial charge in [-0.25, -0.2) is 9.78 Å². The van der Waals surface area contributed by atoms with E-state index in [1.165, 1.54) is 6.20 Å². The highest BCUT2D eigenvalue weighted by molar-refractivity contribution is 5.97. The molecule has 1 N–H and O–H groups in total. The monoisotopic (exact) mass is 429 g/mol. The van der Waals surface area contributed by atoms with Gasteiger partial charge in [-0.3, -0.25) is 9.48 Å². The van der Waals surface area contributed by atoms with Crippen LogP contribution >= 0.6 is 0 Å². The van der Waals surface area contributed by atoms with Crippen molar-refractivity contribution in [3.8, 4) is 0 Å². The van der Waals surface area contributed by atoms with Gasteiger partial charge in [-0.15, -0.1) is 0 Å². The molecule has 31 heavy (non-hydrogen) atoms. The molecule has 0 atom stereocenters. The minimum atomic E-state index is -0.378. The zero-order chi connectivity index (χ0) is 22.0. The first-order chi connectivity index (χ1) is 14.9. The summed E-state index contributed by atoms with van der Waals surface area (Å²) in [7, 11) is 1.79. The molecule has 9 nitrogen and oxygen atoms in total. The van der Waals surface area contributed by atoms with E-state index >= 15 is 0 Å². The summed E-state index contributed by atoms with van der Waals surface area (Å²) in [5, 5.41) is 7.87. The van der Waals surface area contributed by atoms with Crippen molar-refractivity contribution in [1.82, 2.24) is 24.6 Å². The zero-order valence-corrected chi connectivity index (χ0v) is 18.6. The van der Waals surface area contributed by atoms with Gasteiger partial charge in [0.15, 0.2) is 0 Å². The quantitative estimate of drug-likeness (QED) is 0.555. The van der Waals surface area contributed by atoms with Crippen molar-refractivity contribution in [2.75, 3.05) is 26.4 Å². The van der Waals surface area contributed by atoms with Crippen LogP contribution < -0.4 is 5.32 Å². The van der Waals surface area contributed by atoms with Gasteiger partial charge in [0.2, 0.25) is 0 Å². The lowest BCUT2D eigenvalue weighted by molar-refractivity contribution is 0.0152. The summed E-state index contributed by atoms with van der Waals surface area (Å²) in [6, 6.07) is 0. The maximum Gasteiger partial charge on any atom is 0.356 e. The number of carbonyl (C=O) groups is 2. The number of rotatable bonds is 6. The summed E-state index contributed by atoms with van der Waals surface area (Å²) >= 11 is 0. The third kappa shape index (κ3) is 4.23. The largest absolute Gasteiger partial charge is 0.461 e. The molecule has 168 valence electrons. The minimum Gasteiger partial charge on any atom is -0.461 e. The van der Waals surface area contributed by atoms with Crippen molar-refractivity contribution in [3.05, 3.63) is 34.7 Å². The van der Waals surface area contributed by atoms with Crippen LogP contribution in [0.4, 0.5) is 0 Å². The lowest BCUT2D eigenvalue weighted by atomic mass is 9.76. The topological polar surface area (TPSA) is 100 Å². The van der Waals surface area contributed by atoms with E-state index in [1.807, 2.05) is 18.5 Å². The van der Waals surface area contributed by atoms with Gasteiger partial charge in [0, 0.05) is 39.8 Å². The Balaban J connectivity index is 1.46. The van der Waals surface area contributed by atoms with E-state index in [0.717, 1.165) is 55.3 Å². The first kappa shape index (κ1) is 21.5. The van der Waals surface area contributed by atoms with Crippen molar-refractivity contribution in [2.45, 2.75) is 52.5 Å². The van der Waals surface area contributed by atoms with Gasteiger partial charge in [-0.1, -0.05) is 6.92 Å². The Morgan fingerprint density at radius 3 is 2.81 bits per heavy atom. The van der Waals surface area contributed by atoms with E-state index in [1.54, 1.807) is 11.6 Å². The van der Waals surface area contributed by atoms with Crippen molar-refractivity contribution in [1.29, 1.82) is 0 Å². The summed E-state index contributed by atoms with van der Waals surface area (Å²) in [5.74, 6) is 0.357. The maximum atomic E-state index is 12.9. The van der Waals surface area contributed by atoms with Crippen LogP contribution in [-0.2, 0) is 35.9 Å². The van der Waals surface area contributed by atoms with Gasteiger partial charge in [-0.05, 0) is 38.0 Å². The number of ether oxygens (including phenoxy) is 2. The average molecular weight is 430 g/mol. The third-order valence-corrected chi connectivity index (χ3v) is 6.59. The van der Waals surface area contributed by atoms with Gasteiger partial charge in [0.25, 0.3) is 5.91 Å². The van der Waals surface area contributed by atoms with E-state index in [2.05, 4.69) is 10.3 Å². The van der Waals surface area contributed by atoms with Crippen LogP contribution in [0.1, 0.15) is 64.2 Å². The van der Waals surface area contributed by atoms with Crippen LogP contribution in [0, 0.1) is 12.3 Å². The number of aromatic nitrogens is 4.